The Labute approximate surface area is 176 Å². The second-order valence-corrected chi connectivity index (χ2v) is 8.02. The maximum Gasteiger partial charge on any atom is 0.328 e. The molecular weight excluding hydrogens is 415 g/mol. The van der Waals surface area contributed by atoms with Crippen molar-refractivity contribution in [2.24, 2.45) is 5.41 Å². The molecule has 1 heterocycles. The van der Waals surface area contributed by atoms with Crippen molar-refractivity contribution in [3.63, 3.8) is 0 Å². The number of benzene rings is 2. The first kappa shape index (κ1) is 19.6. The summed E-state index contributed by atoms with van der Waals surface area (Å²) in [6, 6.07) is 12.7. The molecule has 29 heavy (non-hydrogen) atoms. The molecule has 2 aromatic rings. The Morgan fingerprint density at radius 3 is 1.55 bits per heavy atom. The van der Waals surface area contributed by atoms with E-state index in [0.717, 1.165) is 0 Å². The molecular formula is C21H16Cl2N2O4. The number of Topliss-reactive ketones (excluding diaryl/α,β-unsaturated/α-hetero) is 1. The van der Waals surface area contributed by atoms with Crippen LogP contribution in [0.25, 0.3) is 0 Å². The summed E-state index contributed by atoms with van der Waals surface area (Å²) in [6.07, 6.45) is -0.112. The van der Waals surface area contributed by atoms with Crippen molar-refractivity contribution >= 4 is 46.8 Å². The number of rotatable bonds is 2. The summed E-state index contributed by atoms with van der Waals surface area (Å²) in [6.45, 7) is 0. The van der Waals surface area contributed by atoms with Gasteiger partial charge in [-0.25, -0.2) is 4.79 Å². The van der Waals surface area contributed by atoms with Crippen LogP contribution < -0.4 is 10.6 Å². The van der Waals surface area contributed by atoms with E-state index in [1.165, 1.54) is 0 Å². The van der Waals surface area contributed by atoms with Crippen LogP contribution in [-0.4, -0.2) is 23.6 Å². The van der Waals surface area contributed by atoms with Crippen LogP contribution in [0.15, 0.2) is 48.5 Å². The number of carbonyl (C=O) groups excluding carboxylic acids is 4. The summed E-state index contributed by atoms with van der Waals surface area (Å²) in [5.74, 6) is -3.34. The number of amides is 4. The Bertz CT molecular complexity index is 973. The highest BCUT2D eigenvalue weighted by Gasteiger charge is 2.64. The number of carbonyl (C=O) groups is 4. The molecule has 4 amide bonds. The molecule has 2 atom stereocenters. The summed E-state index contributed by atoms with van der Waals surface area (Å²) in [5, 5.41) is 5.10. The molecule has 8 heteroatoms. The predicted molar refractivity (Wildman–Crippen MR) is 107 cm³/mol. The molecule has 6 nitrogen and oxygen atoms in total. The third-order valence-corrected chi connectivity index (χ3v) is 6.42. The number of hydrogen-bond donors (Lipinski definition) is 2. The molecule has 2 aromatic carbocycles. The molecule has 2 aliphatic rings. The van der Waals surface area contributed by atoms with Crippen LogP contribution in [0.3, 0.4) is 0 Å². The largest absolute Gasteiger partial charge is 0.328 e. The summed E-state index contributed by atoms with van der Waals surface area (Å²) in [4.78, 5) is 51.1. The van der Waals surface area contributed by atoms with Gasteiger partial charge in [0, 0.05) is 34.7 Å². The Hall–Kier alpha value is -2.70. The molecule has 4 rings (SSSR count). The first-order valence-electron chi connectivity index (χ1n) is 9.03. The topological polar surface area (TPSA) is 92.3 Å². The van der Waals surface area contributed by atoms with E-state index in [9.17, 15) is 19.2 Å². The number of imide groups is 2. The van der Waals surface area contributed by atoms with Gasteiger partial charge in [0.1, 0.15) is 11.2 Å². The lowest BCUT2D eigenvalue weighted by atomic mass is 9.54. The molecule has 1 saturated carbocycles. The summed E-state index contributed by atoms with van der Waals surface area (Å²) >= 11 is 12.8. The molecule has 2 fully saturated rings. The van der Waals surface area contributed by atoms with Crippen molar-refractivity contribution in [1.82, 2.24) is 10.6 Å². The first-order valence-corrected chi connectivity index (χ1v) is 9.78. The van der Waals surface area contributed by atoms with E-state index in [0.29, 0.717) is 21.2 Å². The van der Waals surface area contributed by atoms with Gasteiger partial charge in [0.05, 0.1) is 0 Å². The predicted octanol–water partition coefficient (Wildman–Crippen LogP) is 3.58. The zero-order valence-electron chi connectivity index (χ0n) is 15.1. The maximum absolute atomic E-state index is 13.3. The van der Waals surface area contributed by atoms with Gasteiger partial charge in [-0.3, -0.25) is 25.0 Å². The number of ketones is 1. The zero-order chi connectivity index (χ0) is 20.8. The van der Waals surface area contributed by atoms with Crippen LogP contribution in [0, 0.1) is 5.41 Å². The Morgan fingerprint density at radius 2 is 1.14 bits per heavy atom. The van der Waals surface area contributed by atoms with E-state index in [1.807, 2.05) is 0 Å². The van der Waals surface area contributed by atoms with Crippen LogP contribution >= 0.6 is 23.2 Å². The average Bonchev–Trinajstić information content (AvgIpc) is 2.67. The standard InChI is InChI=1S/C21H16Cl2N2O4/c22-16-7-3-1-5-12(16)14-9-11(26)10-15(13-6-2-4-8-17(13)23)21(14)18(27)24-20(29)25-19(21)28/h1-8,14-15H,9-10H2,(H2,24,25,27,28,29). The van der Waals surface area contributed by atoms with E-state index >= 15 is 0 Å². The van der Waals surface area contributed by atoms with Crippen molar-refractivity contribution < 1.29 is 19.2 Å². The van der Waals surface area contributed by atoms with Gasteiger partial charge >= 0.3 is 6.03 Å². The Morgan fingerprint density at radius 1 is 0.724 bits per heavy atom. The Kier molecular flexibility index (Phi) is 4.92. The fourth-order valence-corrected chi connectivity index (χ4v) is 5.04. The van der Waals surface area contributed by atoms with Gasteiger partial charge < -0.3 is 0 Å². The molecule has 2 N–H and O–H groups in total. The lowest BCUT2D eigenvalue weighted by Gasteiger charge is -2.48. The van der Waals surface area contributed by atoms with Crippen LogP contribution in [0.5, 0.6) is 0 Å². The monoisotopic (exact) mass is 430 g/mol. The van der Waals surface area contributed by atoms with Gasteiger partial charge in [-0.2, -0.15) is 0 Å². The normalized spacial score (nSPS) is 23.7. The second-order valence-electron chi connectivity index (χ2n) is 7.20. The van der Waals surface area contributed by atoms with Crippen LogP contribution in [0.2, 0.25) is 10.0 Å². The summed E-state index contributed by atoms with van der Waals surface area (Å²) < 4.78 is 0. The minimum atomic E-state index is -1.75. The first-order chi connectivity index (χ1) is 13.9. The highest BCUT2D eigenvalue weighted by Crippen LogP contribution is 2.56. The second kappa shape index (κ2) is 7.28. The minimum absolute atomic E-state index is 0.0558. The van der Waals surface area contributed by atoms with Gasteiger partial charge in [-0.15, -0.1) is 0 Å². The van der Waals surface area contributed by atoms with Gasteiger partial charge in [0.25, 0.3) is 0 Å². The minimum Gasteiger partial charge on any atom is -0.300 e. The SMILES string of the molecule is O=C1CC(c2ccccc2Cl)C2(C(=O)NC(=O)NC2=O)C(c2ccccc2Cl)C1. The number of halogens is 2. The third-order valence-electron chi connectivity index (χ3n) is 5.73. The number of urea groups is 1. The van der Waals surface area contributed by atoms with E-state index in [-0.39, 0.29) is 18.6 Å². The average molecular weight is 431 g/mol. The maximum atomic E-state index is 13.3. The van der Waals surface area contributed by atoms with Crippen LogP contribution in [-0.2, 0) is 14.4 Å². The molecule has 1 aliphatic heterocycles. The van der Waals surface area contributed by atoms with Gasteiger partial charge in [-0.05, 0) is 23.3 Å². The smallest absolute Gasteiger partial charge is 0.300 e. The molecule has 0 bridgehead atoms. The zero-order valence-corrected chi connectivity index (χ0v) is 16.6. The lowest BCUT2D eigenvalue weighted by molar-refractivity contribution is -0.151. The fourth-order valence-electron chi connectivity index (χ4n) is 4.51. The highest BCUT2D eigenvalue weighted by molar-refractivity contribution is 6.32. The van der Waals surface area contributed by atoms with Crippen LogP contribution in [0.1, 0.15) is 35.8 Å². The molecule has 1 saturated heterocycles. The number of hydrogen-bond acceptors (Lipinski definition) is 4. The highest BCUT2D eigenvalue weighted by atomic mass is 35.5. The molecule has 148 valence electrons. The molecule has 0 radical (unpaired) electrons. The fraction of sp³-hybridized carbons (Fsp3) is 0.238. The Balaban J connectivity index is 2.00. The van der Waals surface area contributed by atoms with Gasteiger partial charge in [0.2, 0.25) is 11.8 Å². The summed E-state index contributed by atoms with van der Waals surface area (Å²) in [7, 11) is 0. The van der Waals surface area contributed by atoms with Crippen molar-refractivity contribution in [2.75, 3.05) is 0 Å². The van der Waals surface area contributed by atoms with Gasteiger partial charge in [-0.1, -0.05) is 59.6 Å². The van der Waals surface area contributed by atoms with Crippen molar-refractivity contribution in [1.29, 1.82) is 0 Å². The molecule has 1 aliphatic carbocycles. The van der Waals surface area contributed by atoms with E-state index < -0.39 is 35.1 Å². The van der Waals surface area contributed by atoms with E-state index in [2.05, 4.69) is 10.6 Å². The van der Waals surface area contributed by atoms with Crippen LogP contribution in [0.4, 0.5) is 4.79 Å². The third kappa shape index (κ3) is 3.03. The van der Waals surface area contributed by atoms with Crippen molar-refractivity contribution in [3.05, 3.63) is 69.7 Å². The van der Waals surface area contributed by atoms with E-state index in [4.69, 9.17) is 23.2 Å². The van der Waals surface area contributed by atoms with Crippen molar-refractivity contribution in [3.8, 4) is 0 Å². The van der Waals surface area contributed by atoms with Gasteiger partial charge in [0.15, 0.2) is 0 Å². The summed E-state index contributed by atoms with van der Waals surface area (Å²) in [5.41, 5.74) is -0.754. The number of nitrogens with one attached hydrogen (secondary N) is 2. The van der Waals surface area contributed by atoms with E-state index in [1.54, 1.807) is 48.5 Å². The molecule has 1 spiro atoms. The van der Waals surface area contributed by atoms with Crippen molar-refractivity contribution in [2.45, 2.75) is 24.7 Å². The molecule has 0 aromatic heterocycles. The molecule has 2 unspecified atom stereocenters. The quantitative estimate of drug-likeness (QED) is 0.712. The lowest BCUT2D eigenvalue weighted by Crippen LogP contribution is -2.67. The number of barbiturate groups is 1.